The van der Waals surface area contributed by atoms with Crippen molar-refractivity contribution in [3.63, 3.8) is 0 Å². The number of anilines is 1. The van der Waals surface area contributed by atoms with E-state index in [1.165, 1.54) is 12.0 Å². The molecular formula is C18H15F3N2O4. The minimum atomic E-state index is -1.72. The molecule has 0 saturated carbocycles. The summed E-state index contributed by atoms with van der Waals surface area (Å²) >= 11 is 0. The van der Waals surface area contributed by atoms with Gasteiger partial charge in [0.1, 0.15) is 11.9 Å². The molecule has 2 amide bonds. The van der Waals surface area contributed by atoms with Crippen LogP contribution in [0.4, 0.5) is 23.7 Å². The van der Waals surface area contributed by atoms with Crippen molar-refractivity contribution in [3.8, 4) is 5.75 Å². The summed E-state index contributed by atoms with van der Waals surface area (Å²) in [6.07, 6.45) is -1.30. The minimum absolute atomic E-state index is 0.122. The minimum Gasteiger partial charge on any atom is -0.497 e. The van der Waals surface area contributed by atoms with E-state index in [1.807, 2.05) is 0 Å². The Morgan fingerprint density at radius 1 is 1.26 bits per heavy atom. The monoisotopic (exact) mass is 380 g/mol. The fourth-order valence-corrected chi connectivity index (χ4v) is 2.62. The highest BCUT2D eigenvalue weighted by Gasteiger charge is 2.33. The fourth-order valence-electron chi connectivity index (χ4n) is 2.62. The van der Waals surface area contributed by atoms with E-state index in [9.17, 15) is 22.8 Å². The number of amides is 2. The lowest BCUT2D eigenvalue weighted by Gasteiger charge is -2.14. The molecule has 0 spiro atoms. The number of nitrogens with zero attached hydrogens (tertiary/aromatic N) is 1. The fraction of sp³-hybridized carbons (Fsp3) is 0.222. The van der Waals surface area contributed by atoms with Crippen molar-refractivity contribution in [1.29, 1.82) is 0 Å². The summed E-state index contributed by atoms with van der Waals surface area (Å²) in [6.45, 7) is 0.0238. The topological polar surface area (TPSA) is 67.9 Å². The summed E-state index contributed by atoms with van der Waals surface area (Å²) in [7, 11) is 1.50. The first-order chi connectivity index (χ1) is 12.9. The lowest BCUT2D eigenvalue weighted by Crippen LogP contribution is -2.35. The van der Waals surface area contributed by atoms with Crippen molar-refractivity contribution in [2.75, 3.05) is 25.1 Å². The molecule has 1 aliphatic heterocycles. The van der Waals surface area contributed by atoms with E-state index in [0.29, 0.717) is 17.5 Å². The number of hydrogen-bond acceptors (Lipinski definition) is 4. The van der Waals surface area contributed by atoms with Crippen molar-refractivity contribution < 1.29 is 32.2 Å². The first kappa shape index (κ1) is 18.6. The van der Waals surface area contributed by atoms with Gasteiger partial charge in [0.25, 0.3) is 5.91 Å². The van der Waals surface area contributed by atoms with Crippen LogP contribution in [-0.2, 0) is 4.74 Å². The van der Waals surface area contributed by atoms with E-state index in [4.69, 9.17) is 9.47 Å². The second kappa shape index (κ2) is 7.56. The molecule has 27 heavy (non-hydrogen) atoms. The molecule has 1 fully saturated rings. The molecule has 1 saturated heterocycles. The number of methoxy groups -OCH3 is 1. The second-order valence-electron chi connectivity index (χ2n) is 5.75. The smallest absolute Gasteiger partial charge is 0.414 e. The molecule has 1 heterocycles. The number of rotatable bonds is 5. The van der Waals surface area contributed by atoms with Crippen LogP contribution in [0.5, 0.6) is 5.75 Å². The third-order valence-corrected chi connectivity index (χ3v) is 4.01. The molecule has 142 valence electrons. The van der Waals surface area contributed by atoms with E-state index in [0.717, 1.165) is 6.07 Å². The largest absolute Gasteiger partial charge is 0.497 e. The Labute approximate surface area is 152 Å². The maximum atomic E-state index is 13.6. The number of halogens is 3. The van der Waals surface area contributed by atoms with Gasteiger partial charge in [-0.1, -0.05) is 6.07 Å². The second-order valence-corrected chi connectivity index (χ2v) is 5.75. The molecule has 0 radical (unpaired) electrons. The van der Waals surface area contributed by atoms with Gasteiger partial charge in [0, 0.05) is 6.07 Å². The maximum absolute atomic E-state index is 13.6. The number of ether oxygens (including phenoxy) is 2. The highest BCUT2D eigenvalue weighted by Crippen LogP contribution is 2.25. The van der Waals surface area contributed by atoms with Crippen LogP contribution in [-0.4, -0.2) is 38.3 Å². The summed E-state index contributed by atoms with van der Waals surface area (Å²) in [4.78, 5) is 25.4. The normalized spacial score (nSPS) is 16.2. The summed E-state index contributed by atoms with van der Waals surface area (Å²) in [6, 6.07) is 8.28. The Hall–Kier alpha value is -3.23. The van der Waals surface area contributed by atoms with Crippen LogP contribution < -0.4 is 15.0 Å². The Bertz CT molecular complexity index is 891. The van der Waals surface area contributed by atoms with Crippen LogP contribution in [0.25, 0.3) is 0 Å². The lowest BCUT2D eigenvalue weighted by atomic mass is 10.2. The highest BCUT2D eigenvalue weighted by molar-refractivity contribution is 5.94. The van der Waals surface area contributed by atoms with Gasteiger partial charge < -0.3 is 14.8 Å². The van der Waals surface area contributed by atoms with Gasteiger partial charge in [0.2, 0.25) is 0 Å². The van der Waals surface area contributed by atoms with Gasteiger partial charge in [0.05, 0.1) is 31.5 Å². The first-order valence-corrected chi connectivity index (χ1v) is 7.94. The molecule has 1 atom stereocenters. The number of benzene rings is 2. The first-order valence-electron chi connectivity index (χ1n) is 7.94. The average Bonchev–Trinajstić information content (AvgIpc) is 3.05. The van der Waals surface area contributed by atoms with Crippen LogP contribution in [0.15, 0.2) is 36.4 Å². The summed E-state index contributed by atoms with van der Waals surface area (Å²) < 4.78 is 50.1. The lowest BCUT2D eigenvalue weighted by molar-refractivity contribution is 0.0911. The zero-order valence-corrected chi connectivity index (χ0v) is 14.2. The van der Waals surface area contributed by atoms with Gasteiger partial charge in [-0.2, -0.15) is 0 Å². The Kier molecular flexibility index (Phi) is 5.20. The number of carbonyl (C=O) groups excluding carboxylic acids is 2. The Morgan fingerprint density at radius 3 is 2.78 bits per heavy atom. The molecule has 3 rings (SSSR count). The summed E-state index contributed by atoms with van der Waals surface area (Å²) in [5.74, 6) is -5.07. The molecule has 0 aliphatic carbocycles. The third kappa shape index (κ3) is 3.81. The van der Waals surface area contributed by atoms with Gasteiger partial charge in [0.15, 0.2) is 17.5 Å². The summed E-state index contributed by atoms with van der Waals surface area (Å²) in [5.41, 5.74) is -0.0808. The number of cyclic esters (lactones) is 1. The SMILES string of the molecule is COc1cccc(N2CC(CNC(=O)c3ccc(F)c(F)c3F)OC2=O)c1. The van der Waals surface area contributed by atoms with Crippen LogP contribution >= 0.6 is 0 Å². The van der Waals surface area contributed by atoms with E-state index < -0.39 is 41.1 Å². The number of hydrogen-bond donors (Lipinski definition) is 1. The van der Waals surface area contributed by atoms with Crippen molar-refractivity contribution >= 4 is 17.7 Å². The molecule has 1 N–H and O–H groups in total. The van der Waals surface area contributed by atoms with Crippen molar-refractivity contribution in [3.05, 3.63) is 59.4 Å². The van der Waals surface area contributed by atoms with E-state index in [-0.39, 0.29) is 13.1 Å². The molecule has 6 nitrogen and oxygen atoms in total. The molecule has 1 aliphatic rings. The van der Waals surface area contributed by atoms with Gasteiger partial charge in [-0.15, -0.1) is 0 Å². The van der Waals surface area contributed by atoms with Crippen molar-refractivity contribution in [1.82, 2.24) is 5.32 Å². The predicted molar refractivity (Wildman–Crippen MR) is 89.3 cm³/mol. The van der Waals surface area contributed by atoms with Crippen molar-refractivity contribution in [2.24, 2.45) is 0 Å². The molecular weight excluding hydrogens is 365 g/mol. The standard InChI is InChI=1S/C18H15F3N2O4/c1-26-11-4-2-3-10(7-11)23-9-12(27-18(23)25)8-22-17(24)13-5-6-14(19)16(21)15(13)20/h2-7,12H,8-9H2,1H3,(H,22,24). The molecule has 0 bridgehead atoms. The van der Waals surface area contributed by atoms with Gasteiger partial charge in [-0.05, 0) is 24.3 Å². The molecule has 2 aromatic rings. The van der Waals surface area contributed by atoms with E-state index in [2.05, 4.69) is 5.32 Å². The Morgan fingerprint density at radius 2 is 2.04 bits per heavy atom. The van der Waals surface area contributed by atoms with Gasteiger partial charge in [-0.3, -0.25) is 9.69 Å². The van der Waals surface area contributed by atoms with Crippen LogP contribution in [0, 0.1) is 17.5 Å². The quantitative estimate of drug-likeness (QED) is 0.810. The predicted octanol–water partition coefficient (Wildman–Crippen LogP) is 2.87. The highest BCUT2D eigenvalue weighted by atomic mass is 19.2. The van der Waals surface area contributed by atoms with Gasteiger partial charge in [-0.25, -0.2) is 18.0 Å². The molecule has 9 heteroatoms. The van der Waals surface area contributed by atoms with E-state index in [1.54, 1.807) is 24.3 Å². The van der Waals surface area contributed by atoms with Gasteiger partial charge >= 0.3 is 6.09 Å². The van der Waals surface area contributed by atoms with Crippen LogP contribution in [0.1, 0.15) is 10.4 Å². The Balaban J connectivity index is 1.63. The zero-order valence-electron chi connectivity index (χ0n) is 14.2. The molecule has 2 aromatic carbocycles. The maximum Gasteiger partial charge on any atom is 0.414 e. The number of nitrogens with one attached hydrogen (secondary N) is 1. The molecule has 0 aromatic heterocycles. The third-order valence-electron chi connectivity index (χ3n) is 4.01. The number of carbonyl (C=O) groups is 2. The molecule has 1 unspecified atom stereocenters. The van der Waals surface area contributed by atoms with Crippen LogP contribution in [0.3, 0.4) is 0 Å². The average molecular weight is 380 g/mol. The zero-order chi connectivity index (χ0) is 19.6. The van der Waals surface area contributed by atoms with Crippen LogP contribution in [0.2, 0.25) is 0 Å². The summed E-state index contributed by atoms with van der Waals surface area (Å²) in [5, 5.41) is 2.35. The van der Waals surface area contributed by atoms with Crippen molar-refractivity contribution in [2.45, 2.75) is 6.10 Å². The van der Waals surface area contributed by atoms with E-state index >= 15 is 0 Å².